The number of ether oxygens (including phenoxy) is 1. The molecule has 0 unspecified atom stereocenters. The normalized spacial score (nSPS) is 10.3. The van der Waals surface area contributed by atoms with E-state index in [0.29, 0.717) is 11.3 Å². The second-order valence-electron chi connectivity index (χ2n) is 3.97. The number of hydrogen-bond acceptors (Lipinski definition) is 3. The summed E-state index contributed by atoms with van der Waals surface area (Å²) in [7, 11) is 1.60. The molecule has 2 N–H and O–H groups in total. The number of hydrogen-bond donors (Lipinski definition) is 2. The zero-order chi connectivity index (χ0) is 13.1. The smallest absolute Gasteiger partial charge is 0.307 e. The number of carbonyl (C=O) groups is 1. The van der Waals surface area contributed by atoms with Crippen LogP contribution in [0.4, 0.5) is 0 Å². The molecular weight excluding hydrogens is 232 g/mol. The van der Waals surface area contributed by atoms with E-state index in [-0.39, 0.29) is 6.42 Å². The van der Waals surface area contributed by atoms with Gasteiger partial charge in [0.25, 0.3) is 0 Å². The van der Waals surface area contributed by atoms with Crippen LogP contribution >= 0.6 is 0 Å². The van der Waals surface area contributed by atoms with Crippen molar-refractivity contribution in [3.05, 3.63) is 35.5 Å². The maximum atomic E-state index is 10.8. The molecule has 0 aliphatic rings. The topological polar surface area (TPSA) is 75.2 Å². The predicted molar refractivity (Wildman–Crippen MR) is 66.7 cm³/mol. The molecule has 94 valence electrons. The summed E-state index contributed by atoms with van der Waals surface area (Å²) in [5.74, 6) is -0.111. The number of rotatable bonds is 4. The average molecular weight is 246 g/mol. The third kappa shape index (κ3) is 2.34. The van der Waals surface area contributed by atoms with Gasteiger partial charge in [0.1, 0.15) is 5.75 Å². The lowest BCUT2D eigenvalue weighted by atomic mass is 10.0. The number of H-pyrrole nitrogens is 1. The number of nitrogens with zero attached hydrogens (tertiary/aromatic N) is 1. The molecule has 1 aromatic heterocycles. The highest BCUT2D eigenvalue weighted by Crippen LogP contribution is 2.25. The van der Waals surface area contributed by atoms with Crippen molar-refractivity contribution in [1.29, 1.82) is 0 Å². The zero-order valence-electron chi connectivity index (χ0n) is 10.2. The minimum Gasteiger partial charge on any atom is -0.497 e. The molecule has 0 radical (unpaired) electrons. The van der Waals surface area contributed by atoms with Crippen LogP contribution < -0.4 is 4.74 Å². The molecule has 5 nitrogen and oxygen atoms in total. The van der Waals surface area contributed by atoms with Crippen LogP contribution in [0.3, 0.4) is 0 Å². The number of aromatic nitrogens is 2. The fourth-order valence-corrected chi connectivity index (χ4v) is 1.81. The number of nitrogens with one attached hydrogen (secondary N) is 1. The molecule has 5 heteroatoms. The number of aryl methyl sites for hydroxylation is 1. The van der Waals surface area contributed by atoms with Crippen molar-refractivity contribution in [2.45, 2.75) is 13.3 Å². The van der Waals surface area contributed by atoms with Crippen molar-refractivity contribution in [2.75, 3.05) is 7.11 Å². The number of aliphatic carboxylic acids is 1. The van der Waals surface area contributed by atoms with Crippen LogP contribution in [0.15, 0.2) is 24.3 Å². The molecule has 2 aromatic rings. The molecule has 2 rings (SSSR count). The number of methoxy groups -OCH3 is 1. The van der Waals surface area contributed by atoms with E-state index < -0.39 is 5.97 Å². The van der Waals surface area contributed by atoms with Gasteiger partial charge in [0.05, 0.1) is 19.2 Å². The van der Waals surface area contributed by atoms with Crippen LogP contribution in [0.2, 0.25) is 0 Å². The summed E-state index contributed by atoms with van der Waals surface area (Å²) in [5, 5.41) is 15.9. The molecule has 0 saturated carbocycles. The Labute approximate surface area is 104 Å². The number of benzene rings is 1. The van der Waals surface area contributed by atoms with E-state index in [1.54, 1.807) is 7.11 Å². The van der Waals surface area contributed by atoms with E-state index in [2.05, 4.69) is 10.2 Å². The SMILES string of the molecule is COc1ccc(-c2n[nH]c(C)c2CC(=O)O)cc1. The maximum Gasteiger partial charge on any atom is 0.307 e. The third-order valence-electron chi connectivity index (χ3n) is 2.77. The molecule has 18 heavy (non-hydrogen) atoms. The van der Waals surface area contributed by atoms with Gasteiger partial charge >= 0.3 is 5.97 Å². The van der Waals surface area contributed by atoms with E-state index in [9.17, 15) is 4.79 Å². The third-order valence-corrected chi connectivity index (χ3v) is 2.77. The summed E-state index contributed by atoms with van der Waals surface area (Å²) in [4.78, 5) is 10.8. The van der Waals surface area contributed by atoms with Crippen molar-refractivity contribution in [3.8, 4) is 17.0 Å². The Morgan fingerprint density at radius 3 is 2.61 bits per heavy atom. The van der Waals surface area contributed by atoms with E-state index in [0.717, 1.165) is 17.0 Å². The lowest BCUT2D eigenvalue weighted by Crippen LogP contribution is -2.02. The van der Waals surface area contributed by atoms with Gasteiger partial charge in [-0.25, -0.2) is 0 Å². The van der Waals surface area contributed by atoms with Crippen LogP contribution in [-0.4, -0.2) is 28.4 Å². The van der Waals surface area contributed by atoms with Crippen LogP contribution in [0.1, 0.15) is 11.3 Å². The summed E-state index contributed by atoms with van der Waals surface area (Å²) in [5.41, 5.74) is 3.05. The first kappa shape index (κ1) is 12.2. The highest BCUT2D eigenvalue weighted by atomic mass is 16.5. The van der Waals surface area contributed by atoms with Gasteiger partial charge in [-0.15, -0.1) is 0 Å². The van der Waals surface area contributed by atoms with E-state index in [4.69, 9.17) is 9.84 Å². The number of aromatic amines is 1. The predicted octanol–water partition coefficient (Wildman–Crippen LogP) is 2.02. The Bertz CT molecular complexity index is 558. The number of carboxylic acids is 1. The van der Waals surface area contributed by atoms with Crippen molar-refractivity contribution in [2.24, 2.45) is 0 Å². The van der Waals surface area contributed by atoms with Crippen molar-refractivity contribution in [3.63, 3.8) is 0 Å². The molecule has 1 heterocycles. The minimum atomic E-state index is -0.866. The van der Waals surface area contributed by atoms with Crippen molar-refractivity contribution >= 4 is 5.97 Å². The van der Waals surface area contributed by atoms with Crippen LogP contribution in [0.5, 0.6) is 5.75 Å². The van der Waals surface area contributed by atoms with Crippen molar-refractivity contribution < 1.29 is 14.6 Å². The molecule has 1 aromatic carbocycles. The standard InChI is InChI=1S/C13H14N2O3/c1-8-11(7-12(16)17)13(15-14-8)9-3-5-10(18-2)6-4-9/h3-6H,7H2,1-2H3,(H,14,15)(H,16,17). The van der Waals surface area contributed by atoms with Crippen molar-refractivity contribution in [1.82, 2.24) is 10.2 Å². The van der Waals surface area contributed by atoms with Gasteiger partial charge in [0.2, 0.25) is 0 Å². The van der Waals surface area contributed by atoms with Crippen LogP contribution in [-0.2, 0) is 11.2 Å². The fourth-order valence-electron chi connectivity index (χ4n) is 1.81. The van der Waals surface area contributed by atoms with Crippen LogP contribution in [0, 0.1) is 6.92 Å². The van der Waals surface area contributed by atoms with Crippen LogP contribution in [0.25, 0.3) is 11.3 Å². The van der Waals surface area contributed by atoms with E-state index in [1.165, 1.54) is 0 Å². The summed E-state index contributed by atoms with van der Waals surface area (Å²) in [6.07, 6.45) is -0.0380. The summed E-state index contributed by atoms with van der Waals surface area (Å²) < 4.78 is 5.08. The Balaban J connectivity index is 2.40. The monoisotopic (exact) mass is 246 g/mol. The van der Waals surface area contributed by atoms with E-state index in [1.807, 2.05) is 31.2 Å². The van der Waals surface area contributed by atoms with E-state index >= 15 is 0 Å². The lowest BCUT2D eigenvalue weighted by molar-refractivity contribution is -0.136. The van der Waals surface area contributed by atoms with Gasteiger partial charge in [-0.2, -0.15) is 5.10 Å². The Morgan fingerprint density at radius 2 is 2.06 bits per heavy atom. The first-order chi connectivity index (χ1) is 8.61. The second kappa shape index (κ2) is 4.91. The van der Waals surface area contributed by atoms with Gasteiger partial charge in [-0.05, 0) is 31.2 Å². The zero-order valence-corrected chi connectivity index (χ0v) is 10.2. The maximum absolute atomic E-state index is 10.8. The lowest BCUT2D eigenvalue weighted by Gasteiger charge is -2.03. The molecule has 0 aliphatic carbocycles. The van der Waals surface area contributed by atoms with Gasteiger partial charge in [0, 0.05) is 16.8 Å². The molecule has 0 bridgehead atoms. The minimum absolute atomic E-state index is 0.0380. The van der Waals surface area contributed by atoms with Gasteiger partial charge < -0.3 is 9.84 Å². The van der Waals surface area contributed by atoms with Gasteiger partial charge in [-0.1, -0.05) is 0 Å². The largest absolute Gasteiger partial charge is 0.497 e. The molecule has 0 saturated heterocycles. The highest BCUT2D eigenvalue weighted by molar-refractivity contribution is 5.75. The summed E-state index contributed by atoms with van der Waals surface area (Å²) in [6.45, 7) is 1.82. The highest BCUT2D eigenvalue weighted by Gasteiger charge is 2.15. The quantitative estimate of drug-likeness (QED) is 0.865. The number of carboxylic acid groups (broad SMARTS) is 1. The Hall–Kier alpha value is -2.30. The molecule has 0 spiro atoms. The average Bonchev–Trinajstić information content (AvgIpc) is 2.71. The summed E-state index contributed by atoms with van der Waals surface area (Å²) in [6, 6.07) is 7.37. The fraction of sp³-hybridized carbons (Fsp3) is 0.231. The first-order valence-electron chi connectivity index (χ1n) is 5.52. The second-order valence-corrected chi connectivity index (χ2v) is 3.97. The van der Waals surface area contributed by atoms with Gasteiger partial charge in [0.15, 0.2) is 0 Å². The molecule has 0 aliphatic heterocycles. The summed E-state index contributed by atoms with van der Waals surface area (Å²) >= 11 is 0. The molecular formula is C13H14N2O3. The molecule has 0 fully saturated rings. The van der Waals surface area contributed by atoms with Gasteiger partial charge in [-0.3, -0.25) is 9.89 Å². The first-order valence-corrected chi connectivity index (χ1v) is 5.52. The Kier molecular flexibility index (Phi) is 3.32. The molecule has 0 atom stereocenters. The Morgan fingerprint density at radius 1 is 1.39 bits per heavy atom. The molecule has 0 amide bonds.